The Morgan fingerprint density at radius 3 is 2.65 bits per heavy atom. The summed E-state index contributed by atoms with van der Waals surface area (Å²) in [6.45, 7) is 11.0. The Hall–Kier alpha value is -2.11. The van der Waals surface area contributed by atoms with Crippen molar-refractivity contribution in [1.29, 1.82) is 0 Å². The van der Waals surface area contributed by atoms with Crippen LogP contribution < -0.4 is 10.1 Å². The van der Waals surface area contributed by atoms with E-state index in [9.17, 15) is 5.11 Å². The van der Waals surface area contributed by atoms with E-state index in [-0.39, 0.29) is 12.0 Å². The van der Waals surface area contributed by atoms with E-state index in [0.717, 1.165) is 55.3 Å². The van der Waals surface area contributed by atoms with Crippen LogP contribution in [0.25, 0.3) is 0 Å². The molecule has 5 heteroatoms. The normalized spacial score (nSPS) is 16.6. The summed E-state index contributed by atoms with van der Waals surface area (Å²) in [4.78, 5) is 6.95. The number of nitrogens with one attached hydrogen (secondary N) is 1. The van der Waals surface area contributed by atoms with Crippen molar-refractivity contribution in [3.63, 3.8) is 0 Å². The summed E-state index contributed by atoms with van der Waals surface area (Å²) in [7, 11) is 0. The molecule has 0 bridgehead atoms. The van der Waals surface area contributed by atoms with Crippen LogP contribution in [-0.2, 0) is 0 Å². The summed E-state index contributed by atoms with van der Waals surface area (Å²) in [6, 6.07) is 9.72. The minimum Gasteiger partial charge on any atom is -0.508 e. The maximum absolute atomic E-state index is 10.1. The van der Waals surface area contributed by atoms with Crippen molar-refractivity contribution < 1.29 is 9.84 Å². The summed E-state index contributed by atoms with van der Waals surface area (Å²) >= 11 is 0. The van der Waals surface area contributed by atoms with Crippen molar-refractivity contribution >= 4 is 0 Å². The van der Waals surface area contributed by atoms with E-state index in [0.29, 0.717) is 5.75 Å². The molecule has 0 saturated carbocycles. The van der Waals surface area contributed by atoms with E-state index in [4.69, 9.17) is 4.74 Å². The molecule has 0 aliphatic carbocycles. The highest BCUT2D eigenvalue weighted by Gasteiger charge is 2.22. The molecular formula is C21H29N3O2. The molecule has 1 saturated heterocycles. The number of nitrogens with zero attached hydrogens (tertiary/aromatic N) is 2. The van der Waals surface area contributed by atoms with Gasteiger partial charge in [-0.25, -0.2) is 0 Å². The number of pyridine rings is 1. The van der Waals surface area contributed by atoms with E-state index in [1.54, 1.807) is 0 Å². The van der Waals surface area contributed by atoms with E-state index in [1.165, 1.54) is 0 Å². The van der Waals surface area contributed by atoms with Crippen LogP contribution in [0.1, 0.15) is 42.7 Å². The maximum atomic E-state index is 10.1. The molecule has 0 radical (unpaired) electrons. The van der Waals surface area contributed by atoms with Crippen LogP contribution >= 0.6 is 0 Å². The van der Waals surface area contributed by atoms with Crippen molar-refractivity contribution in [3.05, 3.63) is 53.3 Å². The first kappa shape index (κ1) is 18.7. The van der Waals surface area contributed by atoms with Gasteiger partial charge in [-0.05, 0) is 42.7 Å². The van der Waals surface area contributed by atoms with E-state index < -0.39 is 0 Å². The van der Waals surface area contributed by atoms with Crippen LogP contribution in [0.5, 0.6) is 11.5 Å². The van der Waals surface area contributed by atoms with E-state index in [1.807, 2.05) is 43.5 Å². The van der Waals surface area contributed by atoms with Crippen LogP contribution in [0.3, 0.4) is 0 Å². The average Bonchev–Trinajstić information content (AvgIpc) is 2.65. The van der Waals surface area contributed by atoms with Gasteiger partial charge in [-0.1, -0.05) is 19.9 Å². The highest BCUT2D eigenvalue weighted by atomic mass is 16.5. The Morgan fingerprint density at radius 1 is 1.23 bits per heavy atom. The summed E-state index contributed by atoms with van der Waals surface area (Å²) in [6.07, 6.45) is 1.67. The number of aromatic nitrogens is 1. The van der Waals surface area contributed by atoms with E-state index in [2.05, 4.69) is 29.0 Å². The third-order valence-corrected chi connectivity index (χ3v) is 4.87. The summed E-state index contributed by atoms with van der Waals surface area (Å²) < 4.78 is 6.50. The molecule has 1 atom stereocenters. The summed E-state index contributed by atoms with van der Waals surface area (Å²) in [5.74, 6) is 1.42. The van der Waals surface area contributed by atoms with Crippen LogP contribution in [0, 0.1) is 6.92 Å². The second-order valence-corrected chi connectivity index (χ2v) is 7.24. The maximum Gasteiger partial charge on any atom is 0.153 e. The molecule has 140 valence electrons. The zero-order chi connectivity index (χ0) is 18.5. The number of ether oxygens (including phenoxy) is 1. The van der Waals surface area contributed by atoms with Crippen molar-refractivity contribution in [2.24, 2.45) is 0 Å². The number of piperazine rings is 1. The zero-order valence-electron chi connectivity index (χ0n) is 15.9. The van der Waals surface area contributed by atoms with Gasteiger partial charge in [-0.15, -0.1) is 0 Å². The topological polar surface area (TPSA) is 57.6 Å². The number of rotatable bonds is 6. The quantitative estimate of drug-likeness (QED) is 0.833. The van der Waals surface area contributed by atoms with Gasteiger partial charge in [0.05, 0.1) is 5.69 Å². The highest BCUT2D eigenvalue weighted by molar-refractivity contribution is 5.46. The summed E-state index contributed by atoms with van der Waals surface area (Å²) in [5, 5.41) is 13.5. The SMILES string of the molecule is Cc1cc(OC(CN2CCNCC2)c2ccccn2)c(C(C)C)cc1O. The fourth-order valence-electron chi connectivity index (χ4n) is 3.28. The number of phenols is 1. The second kappa shape index (κ2) is 8.52. The standard InChI is InChI=1S/C21H29N3O2/c1-15(2)17-13-19(25)16(3)12-20(17)26-21(18-6-4-5-7-23-18)14-24-10-8-22-9-11-24/h4-7,12-13,15,21-22,25H,8-11,14H2,1-3H3. The predicted octanol–water partition coefficient (Wildman–Crippen LogP) is 3.24. The van der Waals surface area contributed by atoms with Crippen LogP contribution in [-0.4, -0.2) is 47.7 Å². The molecule has 3 rings (SSSR count). The lowest BCUT2D eigenvalue weighted by molar-refractivity contribution is 0.120. The van der Waals surface area contributed by atoms with Gasteiger partial charge < -0.3 is 15.2 Å². The number of aryl methyl sites for hydroxylation is 1. The molecule has 2 N–H and O–H groups in total. The number of hydrogen-bond donors (Lipinski definition) is 2. The third kappa shape index (κ3) is 4.54. The van der Waals surface area contributed by atoms with Crippen molar-refractivity contribution in [2.45, 2.75) is 32.8 Å². The summed E-state index contributed by atoms with van der Waals surface area (Å²) in [5.41, 5.74) is 2.78. The van der Waals surface area contributed by atoms with Gasteiger partial charge in [0, 0.05) is 44.5 Å². The molecule has 26 heavy (non-hydrogen) atoms. The first-order valence-corrected chi connectivity index (χ1v) is 9.38. The van der Waals surface area contributed by atoms with Crippen molar-refractivity contribution in [2.75, 3.05) is 32.7 Å². The van der Waals surface area contributed by atoms with Gasteiger partial charge in [-0.3, -0.25) is 9.88 Å². The Balaban J connectivity index is 1.89. The fraction of sp³-hybridized carbons (Fsp3) is 0.476. The lowest BCUT2D eigenvalue weighted by atomic mass is 9.99. The fourth-order valence-corrected chi connectivity index (χ4v) is 3.28. The van der Waals surface area contributed by atoms with Gasteiger partial charge >= 0.3 is 0 Å². The minimum atomic E-state index is -0.143. The van der Waals surface area contributed by atoms with Gasteiger partial charge in [0.1, 0.15) is 11.5 Å². The van der Waals surface area contributed by atoms with E-state index >= 15 is 0 Å². The van der Waals surface area contributed by atoms with Gasteiger partial charge in [0.15, 0.2) is 6.10 Å². The first-order chi connectivity index (χ1) is 12.5. The number of aromatic hydroxyl groups is 1. The van der Waals surface area contributed by atoms with Crippen molar-refractivity contribution in [1.82, 2.24) is 15.2 Å². The molecule has 1 unspecified atom stereocenters. The number of phenolic OH excluding ortho intramolecular Hbond substituents is 1. The zero-order valence-corrected chi connectivity index (χ0v) is 15.9. The Bertz CT molecular complexity index is 713. The smallest absolute Gasteiger partial charge is 0.153 e. The van der Waals surface area contributed by atoms with Crippen LogP contribution in [0.4, 0.5) is 0 Å². The molecule has 1 aliphatic heterocycles. The molecule has 0 amide bonds. The van der Waals surface area contributed by atoms with Crippen molar-refractivity contribution in [3.8, 4) is 11.5 Å². The molecule has 2 heterocycles. The second-order valence-electron chi connectivity index (χ2n) is 7.24. The largest absolute Gasteiger partial charge is 0.508 e. The van der Waals surface area contributed by atoms with Gasteiger partial charge in [0.2, 0.25) is 0 Å². The Morgan fingerprint density at radius 2 is 2.00 bits per heavy atom. The molecule has 5 nitrogen and oxygen atoms in total. The Labute approximate surface area is 156 Å². The van der Waals surface area contributed by atoms with Crippen LogP contribution in [0.2, 0.25) is 0 Å². The van der Waals surface area contributed by atoms with Crippen LogP contribution in [0.15, 0.2) is 36.5 Å². The van der Waals surface area contributed by atoms with Gasteiger partial charge in [-0.2, -0.15) is 0 Å². The average molecular weight is 355 g/mol. The molecule has 1 fully saturated rings. The molecule has 1 aliphatic rings. The third-order valence-electron chi connectivity index (χ3n) is 4.87. The number of benzene rings is 1. The number of hydrogen-bond acceptors (Lipinski definition) is 5. The first-order valence-electron chi connectivity index (χ1n) is 9.38. The monoisotopic (exact) mass is 355 g/mol. The predicted molar refractivity (Wildman–Crippen MR) is 104 cm³/mol. The highest BCUT2D eigenvalue weighted by Crippen LogP contribution is 2.35. The molecule has 0 spiro atoms. The molecule has 1 aromatic carbocycles. The lowest BCUT2D eigenvalue weighted by Gasteiger charge is -2.31. The van der Waals surface area contributed by atoms with Gasteiger partial charge in [0.25, 0.3) is 0 Å². The Kier molecular flexibility index (Phi) is 6.12. The molecule has 1 aromatic heterocycles. The molecular weight excluding hydrogens is 326 g/mol. The lowest BCUT2D eigenvalue weighted by Crippen LogP contribution is -2.45. The minimum absolute atomic E-state index is 0.143. The molecule has 2 aromatic rings.